The lowest BCUT2D eigenvalue weighted by Gasteiger charge is -2.33. The molecule has 3 heterocycles. The van der Waals surface area contributed by atoms with Gasteiger partial charge in [-0.1, -0.05) is 11.2 Å². The second-order valence-electron chi connectivity index (χ2n) is 6.76. The number of carbonyl (C=O) groups is 1. The van der Waals surface area contributed by atoms with Gasteiger partial charge in [0, 0.05) is 36.6 Å². The molecule has 0 bridgehead atoms. The van der Waals surface area contributed by atoms with Crippen LogP contribution in [-0.2, 0) is 13.1 Å². The minimum absolute atomic E-state index is 0.0389. The topological polar surface area (TPSA) is 61.6 Å². The van der Waals surface area contributed by atoms with Gasteiger partial charge in [-0.2, -0.15) is 0 Å². The third-order valence-electron chi connectivity index (χ3n) is 4.72. The van der Waals surface area contributed by atoms with Crippen LogP contribution in [0.1, 0.15) is 34.7 Å². The molecule has 136 valence electrons. The normalized spacial score (nSPS) is 18.3. The van der Waals surface area contributed by atoms with Crippen LogP contribution in [0.5, 0.6) is 0 Å². The van der Waals surface area contributed by atoms with E-state index in [-0.39, 0.29) is 12.1 Å². The smallest absolute Gasteiger partial charge is 0.317 e. The molecule has 1 N–H and O–H groups in total. The Morgan fingerprint density at radius 2 is 2.36 bits per heavy atom. The lowest BCUT2D eigenvalue weighted by molar-refractivity contribution is 0.168. The van der Waals surface area contributed by atoms with E-state index < -0.39 is 0 Å². The number of urea groups is 1. The zero-order chi connectivity index (χ0) is 17.8. The van der Waals surface area contributed by atoms with Crippen molar-refractivity contribution in [1.82, 2.24) is 20.3 Å². The number of carbonyl (C=O) groups excluding carboxylic acids is 1. The third-order valence-corrected chi connectivity index (χ3v) is 5.58. The number of nitrogens with zero attached hydrogens (tertiary/aromatic N) is 3. The van der Waals surface area contributed by atoms with Crippen molar-refractivity contribution in [3.8, 4) is 0 Å². The maximum atomic E-state index is 12.5. The molecule has 2 aromatic heterocycles. The maximum Gasteiger partial charge on any atom is 0.317 e. The number of nitrogens with one attached hydrogen (secondary N) is 1. The highest BCUT2D eigenvalue weighted by molar-refractivity contribution is 7.09. The second kappa shape index (κ2) is 8.01. The Balaban J connectivity index is 1.51. The van der Waals surface area contributed by atoms with Gasteiger partial charge in [-0.3, -0.25) is 4.90 Å². The average Bonchev–Trinajstić information content (AvgIpc) is 3.20. The van der Waals surface area contributed by atoms with Crippen LogP contribution in [0.3, 0.4) is 0 Å². The van der Waals surface area contributed by atoms with Crippen molar-refractivity contribution in [2.24, 2.45) is 0 Å². The summed E-state index contributed by atoms with van der Waals surface area (Å²) in [5.74, 6) is 0.775. The van der Waals surface area contributed by atoms with Gasteiger partial charge in [0.1, 0.15) is 5.76 Å². The number of amides is 2. The van der Waals surface area contributed by atoms with E-state index in [1.54, 1.807) is 16.2 Å². The van der Waals surface area contributed by atoms with Crippen molar-refractivity contribution < 1.29 is 9.32 Å². The summed E-state index contributed by atoms with van der Waals surface area (Å²) in [7, 11) is 1.81. The first-order chi connectivity index (χ1) is 12.0. The summed E-state index contributed by atoms with van der Waals surface area (Å²) in [6.07, 6.45) is 2.15. The predicted octanol–water partition coefficient (Wildman–Crippen LogP) is 3.16. The highest BCUT2D eigenvalue weighted by Crippen LogP contribution is 2.18. The van der Waals surface area contributed by atoms with Crippen LogP contribution in [0.25, 0.3) is 0 Å². The Labute approximate surface area is 152 Å². The fourth-order valence-corrected chi connectivity index (χ4v) is 4.01. The third kappa shape index (κ3) is 4.61. The number of rotatable bonds is 5. The Hall–Kier alpha value is -1.86. The molecular weight excluding hydrogens is 336 g/mol. The van der Waals surface area contributed by atoms with Crippen LogP contribution < -0.4 is 5.32 Å². The molecule has 1 aliphatic rings. The first-order valence-electron chi connectivity index (χ1n) is 8.71. The zero-order valence-electron chi connectivity index (χ0n) is 15.1. The lowest BCUT2D eigenvalue weighted by atomic mass is 10.1. The largest absolute Gasteiger partial charge is 0.361 e. The van der Waals surface area contributed by atoms with Crippen molar-refractivity contribution in [2.75, 3.05) is 20.1 Å². The summed E-state index contributed by atoms with van der Waals surface area (Å²) in [4.78, 5) is 18.0. The Kier molecular flexibility index (Phi) is 5.75. The van der Waals surface area contributed by atoms with Crippen molar-refractivity contribution in [3.63, 3.8) is 0 Å². The van der Waals surface area contributed by atoms with Crippen molar-refractivity contribution in [1.29, 1.82) is 0 Å². The molecule has 0 aliphatic carbocycles. The molecule has 0 saturated carbocycles. The summed E-state index contributed by atoms with van der Waals surface area (Å²) in [6, 6.07) is 4.42. The van der Waals surface area contributed by atoms with Crippen LogP contribution in [0, 0.1) is 13.8 Å². The van der Waals surface area contributed by atoms with Crippen LogP contribution >= 0.6 is 11.3 Å². The van der Waals surface area contributed by atoms with Crippen LogP contribution in [0.4, 0.5) is 4.79 Å². The SMILES string of the molecule is Cc1noc(C)c1CN(C)C(=O)N[C@H]1CCCN(Cc2cccs2)C1. The van der Waals surface area contributed by atoms with Crippen LogP contribution in [0.15, 0.2) is 22.0 Å². The van der Waals surface area contributed by atoms with E-state index >= 15 is 0 Å². The number of aromatic nitrogens is 1. The van der Waals surface area contributed by atoms with Gasteiger partial charge in [0.25, 0.3) is 0 Å². The van der Waals surface area contributed by atoms with Gasteiger partial charge in [-0.15, -0.1) is 11.3 Å². The highest BCUT2D eigenvalue weighted by Gasteiger charge is 2.23. The summed E-state index contributed by atoms with van der Waals surface area (Å²) >= 11 is 1.79. The first kappa shape index (κ1) is 17.9. The van der Waals surface area contributed by atoms with E-state index in [2.05, 4.69) is 32.9 Å². The number of likely N-dealkylation sites (tertiary alicyclic amines) is 1. The van der Waals surface area contributed by atoms with E-state index in [4.69, 9.17) is 4.52 Å². The minimum atomic E-state index is -0.0389. The van der Waals surface area contributed by atoms with Gasteiger partial charge >= 0.3 is 6.03 Å². The monoisotopic (exact) mass is 362 g/mol. The maximum absolute atomic E-state index is 12.5. The average molecular weight is 362 g/mol. The fourth-order valence-electron chi connectivity index (χ4n) is 3.26. The molecule has 25 heavy (non-hydrogen) atoms. The summed E-state index contributed by atoms with van der Waals surface area (Å²) in [6.45, 7) is 7.27. The van der Waals surface area contributed by atoms with Crippen molar-refractivity contribution >= 4 is 17.4 Å². The number of hydrogen-bond acceptors (Lipinski definition) is 5. The highest BCUT2D eigenvalue weighted by atomic mass is 32.1. The summed E-state index contributed by atoms with van der Waals surface area (Å²) < 4.78 is 5.18. The fraction of sp³-hybridized carbons (Fsp3) is 0.556. The van der Waals surface area contributed by atoms with E-state index in [1.165, 1.54) is 4.88 Å². The van der Waals surface area contributed by atoms with Crippen LogP contribution in [0.2, 0.25) is 0 Å². The Bertz CT molecular complexity index is 679. The van der Waals surface area contributed by atoms with E-state index in [0.717, 1.165) is 49.5 Å². The molecule has 1 fully saturated rings. The lowest BCUT2D eigenvalue weighted by Crippen LogP contribution is -2.50. The zero-order valence-corrected chi connectivity index (χ0v) is 15.9. The Morgan fingerprint density at radius 1 is 1.52 bits per heavy atom. The van der Waals surface area contributed by atoms with Gasteiger partial charge in [0.05, 0.1) is 12.2 Å². The van der Waals surface area contributed by atoms with Gasteiger partial charge < -0.3 is 14.7 Å². The summed E-state index contributed by atoms with van der Waals surface area (Å²) in [5, 5.41) is 9.24. The number of piperidine rings is 1. The van der Waals surface area contributed by atoms with E-state index in [1.807, 2.05) is 20.9 Å². The van der Waals surface area contributed by atoms with Gasteiger partial charge in [0.2, 0.25) is 0 Å². The minimum Gasteiger partial charge on any atom is -0.361 e. The van der Waals surface area contributed by atoms with E-state index in [0.29, 0.717) is 6.54 Å². The Morgan fingerprint density at radius 3 is 3.04 bits per heavy atom. The van der Waals surface area contributed by atoms with Crippen LogP contribution in [-0.4, -0.2) is 47.2 Å². The molecule has 1 aliphatic heterocycles. The van der Waals surface area contributed by atoms with Crippen molar-refractivity contribution in [3.05, 3.63) is 39.4 Å². The predicted molar refractivity (Wildman–Crippen MR) is 98.6 cm³/mol. The summed E-state index contributed by atoms with van der Waals surface area (Å²) in [5.41, 5.74) is 1.83. The molecule has 0 spiro atoms. The number of aryl methyl sites for hydroxylation is 2. The molecule has 2 aromatic rings. The first-order valence-corrected chi connectivity index (χ1v) is 9.59. The molecule has 0 aromatic carbocycles. The second-order valence-corrected chi connectivity index (χ2v) is 7.79. The molecule has 0 unspecified atom stereocenters. The quantitative estimate of drug-likeness (QED) is 0.887. The molecule has 1 atom stereocenters. The van der Waals surface area contributed by atoms with Gasteiger partial charge in [-0.05, 0) is 44.7 Å². The molecule has 0 radical (unpaired) electrons. The standard InChI is InChI=1S/C18H26N4O2S/c1-13-17(14(2)24-20-13)12-21(3)18(23)19-15-6-4-8-22(10-15)11-16-7-5-9-25-16/h5,7,9,15H,4,6,8,10-12H2,1-3H3,(H,19,23)/t15-/m0/s1. The molecule has 6 nitrogen and oxygen atoms in total. The van der Waals surface area contributed by atoms with Crippen molar-refractivity contribution in [2.45, 2.75) is 45.8 Å². The molecular formula is C18H26N4O2S. The molecule has 2 amide bonds. The van der Waals surface area contributed by atoms with Gasteiger partial charge in [-0.25, -0.2) is 4.79 Å². The number of thiophene rings is 1. The molecule has 3 rings (SSSR count). The number of hydrogen-bond donors (Lipinski definition) is 1. The van der Waals surface area contributed by atoms with E-state index in [9.17, 15) is 4.79 Å². The molecule has 7 heteroatoms. The van der Waals surface area contributed by atoms with Gasteiger partial charge in [0.15, 0.2) is 0 Å². The molecule has 1 saturated heterocycles.